The van der Waals surface area contributed by atoms with Crippen molar-refractivity contribution in [1.82, 2.24) is 9.66 Å². The molecule has 200 valence electrons. The van der Waals surface area contributed by atoms with Crippen LogP contribution in [0, 0.1) is 10.1 Å². The molecule has 1 aliphatic rings. The molecule has 5 aromatic rings. The second-order valence-corrected chi connectivity index (χ2v) is 10.1. The molecule has 1 fully saturated rings. The summed E-state index contributed by atoms with van der Waals surface area (Å²) in [4.78, 5) is 29.7. The number of hydrogen-bond donors (Lipinski definition) is 0. The van der Waals surface area contributed by atoms with E-state index < -0.39 is 4.92 Å². The van der Waals surface area contributed by atoms with E-state index in [-0.39, 0.29) is 29.5 Å². The number of nitrogens with zero attached hydrogens (tertiary/aromatic N) is 4. The van der Waals surface area contributed by atoms with Gasteiger partial charge in [-0.05, 0) is 53.4 Å². The Labute approximate surface area is 230 Å². The van der Waals surface area contributed by atoms with E-state index in [1.807, 2.05) is 54.6 Å². The molecule has 0 unspecified atom stereocenters. The number of rotatable bonds is 7. The Morgan fingerprint density at radius 3 is 2.52 bits per heavy atom. The predicted octanol–water partition coefficient (Wildman–Crippen LogP) is 6.97. The molecule has 1 aliphatic carbocycles. The van der Waals surface area contributed by atoms with Crippen LogP contribution in [-0.2, 0) is 6.61 Å². The van der Waals surface area contributed by atoms with Gasteiger partial charge in [-0.3, -0.25) is 14.9 Å². The van der Waals surface area contributed by atoms with E-state index in [1.165, 1.54) is 23.4 Å². The van der Waals surface area contributed by atoms with Crippen molar-refractivity contribution < 1.29 is 9.66 Å². The summed E-state index contributed by atoms with van der Waals surface area (Å²) in [5.74, 6) is 0.953. The Morgan fingerprint density at radius 2 is 1.70 bits per heavy atom. The number of para-hydroxylation sites is 1. The third-order valence-corrected chi connectivity index (χ3v) is 7.51. The molecule has 40 heavy (non-hydrogen) atoms. The molecule has 1 aromatic heterocycles. The highest BCUT2D eigenvalue weighted by molar-refractivity contribution is 5.85. The first-order valence-electron chi connectivity index (χ1n) is 13.5. The fourth-order valence-electron chi connectivity index (χ4n) is 5.46. The molecule has 1 heterocycles. The zero-order valence-electron chi connectivity index (χ0n) is 21.9. The molecular formula is C32H28N4O4. The van der Waals surface area contributed by atoms with Crippen LogP contribution in [0.2, 0.25) is 0 Å². The summed E-state index contributed by atoms with van der Waals surface area (Å²) >= 11 is 0. The monoisotopic (exact) mass is 532 g/mol. The summed E-state index contributed by atoms with van der Waals surface area (Å²) in [7, 11) is 0. The smallest absolute Gasteiger partial charge is 0.311 e. The lowest BCUT2D eigenvalue weighted by atomic mass is 9.88. The highest BCUT2D eigenvalue weighted by Gasteiger charge is 2.22. The molecular weight excluding hydrogens is 504 g/mol. The maximum absolute atomic E-state index is 13.4. The molecule has 0 saturated heterocycles. The lowest BCUT2D eigenvalue weighted by Crippen LogP contribution is -2.25. The number of nitro benzene ring substituents is 1. The van der Waals surface area contributed by atoms with Crippen LogP contribution in [0.1, 0.15) is 55.0 Å². The first-order chi connectivity index (χ1) is 19.6. The molecule has 6 rings (SSSR count). The topological polar surface area (TPSA) is 99.6 Å². The van der Waals surface area contributed by atoms with Gasteiger partial charge in [0, 0.05) is 17.5 Å². The van der Waals surface area contributed by atoms with E-state index >= 15 is 0 Å². The zero-order valence-corrected chi connectivity index (χ0v) is 21.9. The van der Waals surface area contributed by atoms with Crippen molar-refractivity contribution in [3.8, 4) is 5.75 Å². The number of benzene rings is 4. The van der Waals surface area contributed by atoms with Crippen molar-refractivity contribution in [1.29, 1.82) is 0 Å². The number of ether oxygens (including phenoxy) is 1. The van der Waals surface area contributed by atoms with Gasteiger partial charge in [-0.1, -0.05) is 73.9 Å². The molecule has 0 N–H and O–H groups in total. The highest BCUT2D eigenvalue weighted by atomic mass is 16.6. The standard InChI is InChI=1S/C32H28N4O4/c37-32-27-15-6-7-16-28(27)34-31(24-10-2-1-3-11-24)35(32)33-20-22-17-18-30(29(19-22)36(38)39)40-21-25-13-8-12-23-9-4-5-14-26(23)25/h4-9,12-20,24H,1-3,10-11,21H2. The minimum absolute atomic E-state index is 0.141. The normalized spacial score (nSPS) is 14.2. The fourth-order valence-corrected chi connectivity index (χ4v) is 5.46. The lowest BCUT2D eigenvalue weighted by molar-refractivity contribution is -0.385. The third kappa shape index (κ3) is 5.08. The van der Waals surface area contributed by atoms with Gasteiger partial charge in [-0.15, -0.1) is 0 Å². The maximum atomic E-state index is 13.4. The molecule has 0 amide bonds. The van der Waals surface area contributed by atoms with Crippen LogP contribution in [-0.4, -0.2) is 20.8 Å². The van der Waals surface area contributed by atoms with Crippen molar-refractivity contribution in [2.75, 3.05) is 0 Å². The summed E-state index contributed by atoms with van der Waals surface area (Å²) in [6.45, 7) is 0.193. The van der Waals surface area contributed by atoms with Gasteiger partial charge in [0.15, 0.2) is 5.75 Å². The second kappa shape index (κ2) is 11.1. The molecule has 8 nitrogen and oxygen atoms in total. The van der Waals surface area contributed by atoms with E-state index in [0.717, 1.165) is 42.0 Å². The number of fused-ring (bicyclic) bond motifs is 2. The summed E-state index contributed by atoms with van der Waals surface area (Å²) in [6, 6.07) is 25.8. The Morgan fingerprint density at radius 1 is 0.950 bits per heavy atom. The van der Waals surface area contributed by atoms with Gasteiger partial charge in [0.25, 0.3) is 5.56 Å². The van der Waals surface area contributed by atoms with E-state index in [4.69, 9.17) is 9.72 Å². The van der Waals surface area contributed by atoms with Crippen molar-refractivity contribution in [2.24, 2.45) is 5.10 Å². The van der Waals surface area contributed by atoms with Crippen LogP contribution < -0.4 is 10.3 Å². The molecule has 0 atom stereocenters. The van der Waals surface area contributed by atoms with Crippen LogP contribution in [0.5, 0.6) is 5.75 Å². The van der Waals surface area contributed by atoms with Gasteiger partial charge >= 0.3 is 5.69 Å². The van der Waals surface area contributed by atoms with E-state index in [1.54, 1.807) is 24.3 Å². The van der Waals surface area contributed by atoms with Crippen molar-refractivity contribution in [3.05, 3.63) is 122 Å². The minimum Gasteiger partial charge on any atom is -0.482 e. The third-order valence-electron chi connectivity index (χ3n) is 7.51. The lowest BCUT2D eigenvalue weighted by Gasteiger charge is -2.22. The van der Waals surface area contributed by atoms with Crippen LogP contribution >= 0.6 is 0 Å². The van der Waals surface area contributed by atoms with E-state index in [0.29, 0.717) is 22.3 Å². The Hall–Kier alpha value is -4.85. The quantitative estimate of drug-likeness (QED) is 0.128. The molecule has 0 spiro atoms. The first-order valence-corrected chi connectivity index (χ1v) is 13.5. The van der Waals surface area contributed by atoms with Crippen LogP contribution in [0.15, 0.2) is 94.8 Å². The van der Waals surface area contributed by atoms with Gasteiger partial charge in [0.2, 0.25) is 0 Å². The van der Waals surface area contributed by atoms with Crippen molar-refractivity contribution in [2.45, 2.75) is 44.6 Å². The molecule has 4 aromatic carbocycles. The van der Waals surface area contributed by atoms with E-state index in [9.17, 15) is 14.9 Å². The first kappa shape index (κ1) is 25.4. The number of aromatic nitrogens is 2. The zero-order chi connectivity index (χ0) is 27.5. The summed E-state index contributed by atoms with van der Waals surface area (Å²) < 4.78 is 7.29. The Balaban J connectivity index is 1.32. The highest BCUT2D eigenvalue weighted by Crippen LogP contribution is 2.32. The van der Waals surface area contributed by atoms with Crippen LogP contribution in [0.25, 0.3) is 21.7 Å². The predicted molar refractivity (Wildman–Crippen MR) is 156 cm³/mol. The van der Waals surface area contributed by atoms with Crippen LogP contribution in [0.3, 0.4) is 0 Å². The minimum atomic E-state index is -0.465. The maximum Gasteiger partial charge on any atom is 0.311 e. The summed E-state index contributed by atoms with van der Waals surface area (Å²) in [6.07, 6.45) is 6.73. The second-order valence-electron chi connectivity index (χ2n) is 10.1. The van der Waals surface area contributed by atoms with Crippen molar-refractivity contribution in [3.63, 3.8) is 0 Å². The average Bonchev–Trinajstić information content (AvgIpc) is 3.00. The summed E-state index contributed by atoms with van der Waals surface area (Å²) in [5, 5.41) is 19.1. The summed E-state index contributed by atoms with van der Waals surface area (Å²) in [5.41, 5.74) is 1.67. The number of nitro groups is 1. The van der Waals surface area contributed by atoms with Gasteiger partial charge in [-0.25, -0.2) is 4.98 Å². The largest absolute Gasteiger partial charge is 0.482 e. The molecule has 8 heteroatoms. The fraction of sp³-hybridized carbons (Fsp3) is 0.219. The van der Waals surface area contributed by atoms with Crippen LogP contribution in [0.4, 0.5) is 5.69 Å². The van der Waals surface area contributed by atoms with Gasteiger partial charge < -0.3 is 4.74 Å². The Kier molecular flexibility index (Phi) is 7.06. The van der Waals surface area contributed by atoms with E-state index in [2.05, 4.69) is 5.10 Å². The van der Waals surface area contributed by atoms with Gasteiger partial charge in [0.05, 0.1) is 22.0 Å². The van der Waals surface area contributed by atoms with Gasteiger partial charge in [0.1, 0.15) is 12.4 Å². The molecule has 0 radical (unpaired) electrons. The Bertz CT molecular complexity index is 1800. The number of hydrogen-bond acceptors (Lipinski definition) is 6. The SMILES string of the molecule is O=c1c2ccccc2nc(C2CCCCC2)n1N=Cc1ccc(OCc2cccc3ccccc23)c([N+](=O)[O-])c1. The van der Waals surface area contributed by atoms with Crippen molar-refractivity contribution >= 4 is 33.6 Å². The van der Waals surface area contributed by atoms with Gasteiger partial charge in [-0.2, -0.15) is 9.78 Å². The molecule has 0 aliphatic heterocycles. The molecule has 0 bridgehead atoms. The molecule has 1 saturated carbocycles. The average molecular weight is 533 g/mol.